The predicted molar refractivity (Wildman–Crippen MR) is 104 cm³/mol. The molecule has 2 aliphatic rings. The number of sulfonamides is 1. The van der Waals surface area contributed by atoms with Crippen molar-refractivity contribution in [2.45, 2.75) is 43.0 Å². The molecular weight excluding hydrogens is 374 g/mol. The van der Waals surface area contributed by atoms with Gasteiger partial charge in [-0.3, -0.25) is 4.79 Å². The van der Waals surface area contributed by atoms with Gasteiger partial charge in [0.2, 0.25) is 15.9 Å². The first-order chi connectivity index (χ1) is 12.0. The quantitative estimate of drug-likeness (QED) is 0.695. The number of nitrogens with zero attached hydrogens (tertiary/aromatic N) is 1. The number of hydrogen-bond donors (Lipinski definition) is 2. The molecule has 1 aromatic rings. The van der Waals surface area contributed by atoms with Crippen LogP contribution in [0.4, 0.5) is 0 Å². The molecule has 1 heterocycles. The lowest BCUT2D eigenvalue weighted by atomic mass is 10.0. The topological polar surface area (TPSA) is 78.5 Å². The molecule has 0 atom stereocenters. The van der Waals surface area contributed by atoms with Gasteiger partial charge in [0.05, 0.1) is 4.90 Å². The number of amides is 1. The summed E-state index contributed by atoms with van der Waals surface area (Å²) in [6, 6.07) is 8.74. The molecule has 0 radical (unpaired) electrons. The van der Waals surface area contributed by atoms with E-state index < -0.39 is 10.0 Å². The lowest BCUT2D eigenvalue weighted by molar-refractivity contribution is -0.132. The Morgan fingerprint density at radius 2 is 1.73 bits per heavy atom. The van der Waals surface area contributed by atoms with Gasteiger partial charge in [-0.1, -0.05) is 18.2 Å². The molecule has 3 rings (SSSR count). The van der Waals surface area contributed by atoms with Crippen LogP contribution >= 0.6 is 12.4 Å². The van der Waals surface area contributed by atoms with Gasteiger partial charge in [0.25, 0.3) is 0 Å². The molecule has 1 amide bonds. The lowest BCUT2D eigenvalue weighted by Crippen LogP contribution is -2.46. The Morgan fingerprint density at radius 1 is 1.08 bits per heavy atom. The molecule has 2 N–H and O–H groups in total. The smallest absolute Gasteiger partial charge is 0.240 e. The SMILES string of the molecule is Cl.O=C(CCNS(=O)(=O)c1ccccc1)N1CCC(NCC2CC2)CC1. The van der Waals surface area contributed by atoms with E-state index in [4.69, 9.17) is 0 Å². The van der Waals surface area contributed by atoms with Crippen LogP contribution in [-0.2, 0) is 14.8 Å². The minimum absolute atomic E-state index is 0. The van der Waals surface area contributed by atoms with E-state index in [0.717, 1.165) is 38.4 Å². The second-order valence-electron chi connectivity index (χ2n) is 6.97. The predicted octanol–water partition coefficient (Wildman–Crippen LogP) is 1.77. The van der Waals surface area contributed by atoms with Gasteiger partial charge in [0.1, 0.15) is 0 Å². The monoisotopic (exact) mass is 401 g/mol. The minimum atomic E-state index is -3.54. The number of nitrogens with one attached hydrogen (secondary N) is 2. The second kappa shape index (κ2) is 9.69. The number of piperidine rings is 1. The standard InChI is InChI=1S/C18H27N3O3S.ClH/c22-18(8-11-20-25(23,24)17-4-2-1-3-5-17)21-12-9-16(10-13-21)19-14-15-6-7-15;/h1-5,15-16,19-20H,6-14H2;1H. The fraction of sp³-hybridized carbons (Fsp3) is 0.611. The molecule has 1 saturated heterocycles. The number of hydrogen-bond acceptors (Lipinski definition) is 4. The Hall–Kier alpha value is -1.15. The van der Waals surface area contributed by atoms with E-state index in [0.29, 0.717) is 6.04 Å². The summed E-state index contributed by atoms with van der Waals surface area (Å²) in [5.41, 5.74) is 0. The fourth-order valence-corrected chi connectivity index (χ4v) is 4.17. The summed E-state index contributed by atoms with van der Waals surface area (Å²) in [4.78, 5) is 14.4. The summed E-state index contributed by atoms with van der Waals surface area (Å²) >= 11 is 0. The van der Waals surface area contributed by atoms with Crippen LogP contribution in [0, 0.1) is 5.92 Å². The van der Waals surface area contributed by atoms with E-state index in [1.165, 1.54) is 12.8 Å². The first-order valence-corrected chi connectivity index (χ1v) is 10.6. The molecule has 6 nitrogen and oxygen atoms in total. The highest BCUT2D eigenvalue weighted by Gasteiger charge is 2.26. The minimum Gasteiger partial charge on any atom is -0.343 e. The molecule has 1 aliphatic carbocycles. The number of carbonyl (C=O) groups is 1. The van der Waals surface area contributed by atoms with Crippen LogP contribution in [-0.4, -0.2) is 51.4 Å². The lowest BCUT2D eigenvalue weighted by Gasteiger charge is -2.32. The first kappa shape index (κ1) is 21.2. The van der Waals surface area contributed by atoms with Crippen LogP contribution in [0.25, 0.3) is 0 Å². The van der Waals surface area contributed by atoms with E-state index in [-0.39, 0.29) is 36.2 Å². The third-order valence-electron chi connectivity index (χ3n) is 4.92. The van der Waals surface area contributed by atoms with Crippen LogP contribution in [0.15, 0.2) is 35.2 Å². The van der Waals surface area contributed by atoms with Gasteiger partial charge in [-0.05, 0) is 50.3 Å². The van der Waals surface area contributed by atoms with E-state index >= 15 is 0 Å². The summed E-state index contributed by atoms with van der Waals surface area (Å²) in [5, 5.41) is 3.59. The number of likely N-dealkylation sites (tertiary alicyclic amines) is 1. The van der Waals surface area contributed by atoms with E-state index in [1.807, 2.05) is 4.90 Å². The third kappa shape index (κ3) is 6.23. The van der Waals surface area contributed by atoms with Crippen LogP contribution < -0.4 is 10.0 Å². The van der Waals surface area contributed by atoms with Gasteiger partial charge in [-0.2, -0.15) is 0 Å². The van der Waals surface area contributed by atoms with E-state index in [2.05, 4.69) is 10.0 Å². The summed E-state index contributed by atoms with van der Waals surface area (Å²) < 4.78 is 26.7. The van der Waals surface area contributed by atoms with Gasteiger partial charge in [0, 0.05) is 32.1 Å². The Kier molecular flexibility index (Phi) is 7.88. The van der Waals surface area contributed by atoms with Crippen LogP contribution in [0.3, 0.4) is 0 Å². The molecule has 8 heteroatoms. The van der Waals surface area contributed by atoms with Crippen molar-refractivity contribution in [3.63, 3.8) is 0 Å². The third-order valence-corrected chi connectivity index (χ3v) is 6.40. The van der Waals surface area contributed by atoms with E-state index in [1.54, 1.807) is 30.3 Å². The van der Waals surface area contributed by atoms with Crippen LogP contribution in [0.1, 0.15) is 32.1 Å². The molecule has 1 aromatic carbocycles. The number of rotatable bonds is 8. The number of carbonyl (C=O) groups excluding carboxylic acids is 1. The molecule has 0 bridgehead atoms. The van der Waals surface area contributed by atoms with Crippen molar-refractivity contribution >= 4 is 28.3 Å². The van der Waals surface area contributed by atoms with Crippen molar-refractivity contribution in [1.29, 1.82) is 0 Å². The Bertz CT molecular complexity index is 672. The highest BCUT2D eigenvalue weighted by molar-refractivity contribution is 7.89. The Balaban J connectivity index is 0.00000243. The largest absolute Gasteiger partial charge is 0.343 e. The number of halogens is 1. The van der Waals surface area contributed by atoms with E-state index in [9.17, 15) is 13.2 Å². The summed E-state index contributed by atoms with van der Waals surface area (Å²) in [6.45, 7) is 2.76. The van der Waals surface area contributed by atoms with Gasteiger partial charge in [-0.25, -0.2) is 13.1 Å². The highest BCUT2D eigenvalue weighted by atomic mass is 35.5. The molecule has 146 valence electrons. The maximum Gasteiger partial charge on any atom is 0.240 e. The Morgan fingerprint density at radius 3 is 2.35 bits per heavy atom. The van der Waals surface area contributed by atoms with Crippen LogP contribution in [0.5, 0.6) is 0 Å². The first-order valence-electron chi connectivity index (χ1n) is 9.10. The van der Waals surface area contributed by atoms with Gasteiger partial charge in [0.15, 0.2) is 0 Å². The molecule has 1 saturated carbocycles. The van der Waals surface area contributed by atoms with Gasteiger partial charge in [-0.15, -0.1) is 12.4 Å². The zero-order chi connectivity index (χ0) is 17.7. The molecule has 2 fully saturated rings. The zero-order valence-corrected chi connectivity index (χ0v) is 16.5. The highest BCUT2D eigenvalue weighted by Crippen LogP contribution is 2.28. The van der Waals surface area contributed by atoms with Crippen molar-refractivity contribution in [2.75, 3.05) is 26.2 Å². The zero-order valence-electron chi connectivity index (χ0n) is 14.9. The molecular formula is C18H28ClN3O3S. The maximum absolute atomic E-state index is 12.3. The maximum atomic E-state index is 12.3. The van der Waals surface area contributed by atoms with Crippen LogP contribution in [0.2, 0.25) is 0 Å². The van der Waals surface area contributed by atoms with Crippen molar-refractivity contribution < 1.29 is 13.2 Å². The van der Waals surface area contributed by atoms with Gasteiger partial charge >= 0.3 is 0 Å². The van der Waals surface area contributed by atoms with Crippen molar-refractivity contribution in [2.24, 2.45) is 5.92 Å². The average Bonchev–Trinajstić information content (AvgIpc) is 3.45. The second-order valence-corrected chi connectivity index (χ2v) is 8.73. The van der Waals surface area contributed by atoms with Gasteiger partial charge < -0.3 is 10.2 Å². The molecule has 1 aliphatic heterocycles. The summed E-state index contributed by atoms with van der Waals surface area (Å²) in [5.74, 6) is 0.897. The number of benzene rings is 1. The molecule has 26 heavy (non-hydrogen) atoms. The van der Waals surface area contributed by atoms with Crippen molar-refractivity contribution in [3.8, 4) is 0 Å². The normalized spacial score (nSPS) is 18.4. The fourth-order valence-electron chi connectivity index (χ4n) is 3.12. The molecule has 0 spiro atoms. The average molecular weight is 402 g/mol. The summed E-state index contributed by atoms with van der Waals surface area (Å²) in [7, 11) is -3.54. The van der Waals surface area contributed by atoms with Crippen molar-refractivity contribution in [1.82, 2.24) is 14.9 Å². The summed E-state index contributed by atoms with van der Waals surface area (Å²) in [6.07, 6.45) is 4.86. The molecule has 0 unspecified atom stereocenters. The van der Waals surface area contributed by atoms with Crippen molar-refractivity contribution in [3.05, 3.63) is 30.3 Å². The Labute approximate surface area is 162 Å². The molecule has 0 aromatic heterocycles.